The minimum absolute atomic E-state index is 0.875. The van der Waals surface area contributed by atoms with Crippen molar-refractivity contribution in [1.29, 1.82) is 0 Å². The molecule has 0 aromatic heterocycles. The lowest BCUT2D eigenvalue weighted by Gasteiger charge is -2.37. The summed E-state index contributed by atoms with van der Waals surface area (Å²) in [6, 6.07) is 0. The van der Waals surface area contributed by atoms with Gasteiger partial charge in [0.2, 0.25) is 0 Å². The third-order valence-electron chi connectivity index (χ3n) is 4.07. The molecular formula is C14H18. The Balaban J connectivity index is 1.95. The summed E-state index contributed by atoms with van der Waals surface area (Å²) < 4.78 is 0. The van der Waals surface area contributed by atoms with Crippen LogP contribution < -0.4 is 0 Å². The van der Waals surface area contributed by atoms with Gasteiger partial charge in [-0.05, 0) is 49.5 Å². The van der Waals surface area contributed by atoms with Gasteiger partial charge >= 0.3 is 0 Å². The highest BCUT2D eigenvalue weighted by Crippen LogP contribution is 2.44. The molecule has 3 aliphatic carbocycles. The van der Waals surface area contributed by atoms with Crippen LogP contribution in [0.1, 0.15) is 38.5 Å². The SMILES string of the molecule is C1=CC2=CC=C3CCCC[C@H]3[C@H]2CC1. The molecule has 0 amide bonds. The van der Waals surface area contributed by atoms with Crippen LogP contribution in [0.5, 0.6) is 0 Å². The molecule has 0 aliphatic heterocycles. The van der Waals surface area contributed by atoms with Crippen LogP contribution in [-0.4, -0.2) is 0 Å². The van der Waals surface area contributed by atoms with E-state index >= 15 is 0 Å². The van der Waals surface area contributed by atoms with E-state index in [9.17, 15) is 0 Å². The molecule has 0 N–H and O–H groups in total. The van der Waals surface area contributed by atoms with Gasteiger partial charge in [0.1, 0.15) is 0 Å². The zero-order valence-corrected chi connectivity index (χ0v) is 8.71. The molecule has 0 heterocycles. The molecule has 2 atom stereocenters. The van der Waals surface area contributed by atoms with Gasteiger partial charge in [-0.3, -0.25) is 0 Å². The summed E-state index contributed by atoms with van der Waals surface area (Å²) in [6.45, 7) is 0. The molecule has 3 rings (SSSR count). The topological polar surface area (TPSA) is 0 Å². The van der Waals surface area contributed by atoms with Gasteiger partial charge in [0, 0.05) is 0 Å². The first kappa shape index (κ1) is 8.52. The molecule has 0 unspecified atom stereocenters. The highest BCUT2D eigenvalue weighted by atomic mass is 14.4. The highest BCUT2D eigenvalue weighted by Gasteiger charge is 2.31. The van der Waals surface area contributed by atoms with Crippen LogP contribution in [0.2, 0.25) is 0 Å². The van der Waals surface area contributed by atoms with E-state index in [0.717, 1.165) is 11.8 Å². The number of allylic oxidation sites excluding steroid dienone is 6. The Hall–Kier alpha value is -0.780. The Labute approximate surface area is 86.4 Å². The fourth-order valence-electron chi connectivity index (χ4n) is 3.33. The van der Waals surface area contributed by atoms with Gasteiger partial charge in [-0.25, -0.2) is 0 Å². The second-order valence-corrected chi connectivity index (χ2v) is 4.85. The molecule has 0 spiro atoms. The van der Waals surface area contributed by atoms with Gasteiger partial charge in [0.05, 0.1) is 0 Å². The van der Waals surface area contributed by atoms with Gasteiger partial charge in [0.25, 0.3) is 0 Å². The summed E-state index contributed by atoms with van der Waals surface area (Å²) in [7, 11) is 0. The summed E-state index contributed by atoms with van der Waals surface area (Å²) in [5.41, 5.74) is 3.35. The largest absolute Gasteiger partial charge is 0.0842 e. The summed E-state index contributed by atoms with van der Waals surface area (Å²) in [6.07, 6.45) is 17.9. The van der Waals surface area contributed by atoms with Crippen LogP contribution >= 0.6 is 0 Å². The molecule has 0 heteroatoms. The van der Waals surface area contributed by atoms with E-state index in [1.54, 1.807) is 11.1 Å². The molecule has 0 bridgehead atoms. The predicted octanol–water partition coefficient (Wildman–Crippen LogP) is 4.01. The Bertz CT molecular complexity index is 317. The molecular weight excluding hydrogens is 168 g/mol. The third-order valence-corrected chi connectivity index (χ3v) is 4.07. The van der Waals surface area contributed by atoms with E-state index in [0.29, 0.717) is 0 Å². The molecule has 1 fully saturated rings. The lowest BCUT2D eigenvalue weighted by Crippen LogP contribution is -2.25. The Morgan fingerprint density at radius 1 is 1.00 bits per heavy atom. The molecule has 0 nitrogen and oxygen atoms in total. The van der Waals surface area contributed by atoms with Crippen molar-refractivity contribution in [2.75, 3.05) is 0 Å². The normalized spacial score (nSPS) is 35.4. The van der Waals surface area contributed by atoms with E-state index < -0.39 is 0 Å². The minimum atomic E-state index is 0.875. The quantitative estimate of drug-likeness (QED) is 0.536. The van der Waals surface area contributed by atoms with Crippen molar-refractivity contribution in [3.63, 3.8) is 0 Å². The standard InChI is InChI=1S/C14H18/c1-3-7-13-11(5-1)9-10-12-6-2-4-8-14(12)13/h1,5,9-10,13-14H,2-4,6-8H2/t13-,14+/m0/s1. The maximum absolute atomic E-state index is 2.41. The molecule has 1 saturated carbocycles. The minimum Gasteiger partial charge on any atom is -0.0842 e. The van der Waals surface area contributed by atoms with Crippen LogP contribution in [-0.2, 0) is 0 Å². The Morgan fingerprint density at radius 2 is 2.00 bits per heavy atom. The van der Waals surface area contributed by atoms with E-state index in [-0.39, 0.29) is 0 Å². The van der Waals surface area contributed by atoms with Crippen LogP contribution in [0.25, 0.3) is 0 Å². The second kappa shape index (κ2) is 3.42. The van der Waals surface area contributed by atoms with Crippen molar-refractivity contribution in [3.8, 4) is 0 Å². The predicted molar refractivity (Wildman–Crippen MR) is 60.0 cm³/mol. The van der Waals surface area contributed by atoms with Crippen molar-refractivity contribution in [2.24, 2.45) is 11.8 Å². The molecule has 0 saturated heterocycles. The van der Waals surface area contributed by atoms with Crippen molar-refractivity contribution < 1.29 is 0 Å². The lowest BCUT2D eigenvalue weighted by atomic mass is 9.68. The smallest absolute Gasteiger partial charge is 0.00934 e. The van der Waals surface area contributed by atoms with Crippen LogP contribution in [0.15, 0.2) is 35.5 Å². The molecule has 74 valence electrons. The fourth-order valence-corrected chi connectivity index (χ4v) is 3.33. The van der Waals surface area contributed by atoms with Gasteiger partial charge in [-0.1, -0.05) is 36.3 Å². The molecule has 14 heavy (non-hydrogen) atoms. The summed E-state index contributed by atoms with van der Waals surface area (Å²) in [5, 5.41) is 0. The number of rotatable bonds is 0. The van der Waals surface area contributed by atoms with Crippen molar-refractivity contribution in [2.45, 2.75) is 38.5 Å². The summed E-state index contributed by atoms with van der Waals surface area (Å²) in [4.78, 5) is 0. The van der Waals surface area contributed by atoms with Gasteiger partial charge in [0.15, 0.2) is 0 Å². The van der Waals surface area contributed by atoms with Crippen LogP contribution in [0.4, 0.5) is 0 Å². The monoisotopic (exact) mass is 186 g/mol. The Kier molecular flexibility index (Phi) is 2.08. The van der Waals surface area contributed by atoms with Gasteiger partial charge in [-0.2, -0.15) is 0 Å². The zero-order valence-electron chi connectivity index (χ0n) is 8.71. The van der Waals surface area contributed by atoms with Crippen molar-refractivity contribution >= 4 is 0 Å². The van der Waals surface area contributed by atoms with Crippen molar-refractivity contribution in [1.82, 2.24) is 0 Å². The van der Waals surface area contributed by atoms with Gasteiger partial charge in [-0.15, -0.1) is 0 Å². The fraction of sp³-hybridized carbons (Fsp3) is 0.571. The van der Waals surface area contributed by atoms with E-state index in [4.69, 9.17) is 0 Å². The number of hydrogen-bond donors (Lipinski definition) is 0. The first-order valence-corrected chi connectivity index (χ1v) is 6.02. The first-order valence-electron chi connectivity index (χ1n) is 6.02. The van der Waals surface area contributed by atoms with E-state index in [2.05, 4.69) is 24.3 Å². The second-order valence-electron chi connectivity index (χ2n) is 4.85. The lowest BCUT2D eigenvalue weighted by molar-refractivity contribution is 0.332. The van der Waals surface area contributed by atoms with Crippen molar-refractivity contribution in [3.05, 3.63) is 35.5 Å². The summed E-state index contributed by atoms with van der Waals surface area (Å²) >= 11 is 0. The first-order chi connectivity index (χ1) is 6.95. The van der Waals surface area contributed by atoms with E-state index in [1.165, 1.54) is 38.5 Å². The number of fused-ring (bicyclic) bond motifs is 3. The summed E-state index contributed by atoms with van der Waals surface area (Å²) in [5.74, 6) is 1.79. The molecule has 0 aromatic rings. The van der Waals surface area contributed by atoms with Gasteiger partial charge < -0.3 is 0 Å². The maximum Gasteiger partial charge on any atom is -0.00934 e. The maximum atomic E-state index is 2.41. The average Bonchev–Trinajstić information content (AvgIpc) is 2.29. The van der Waals surface area contributed by atoms with Crippen LogP contribution in [0, 0.1) is 11.8 Å². The molecule has 3 aliphatic rings. The molecule has 0 aromatic carbocycles. The highest BCUT2D eigenvalue weighted by molar-refractivity contribution is 5.37. The zero-order chi connectivity index (χ0) is 9.38. The average molecular weight is 186 g/mol. The third kappa shape index (κ3) is 1.28. The van der Waals surface area contributed by atoms with E-state index in [1.807, 2.05) is 0 Å². The van der Waals surface area contributed by atoms with Crippen LogP contribution in [0.3, 0.4) is 0 Å². The number of hydrogen-bond acceptors (Lipinski definition) is 0. The Morgan fingerprint density at radius 3 is 3.00 bits per heavy atom. The molecule has 0 radical (unpaired) electrons.